The Labute approximate surface area is 157 Å². The molecule has 3 rings (SSSR count). The van der Waals surface area contributed by atoms with E-state index in [2.05, 4.69) is 5.32 Å². The standard InChI is InChI=1S/C19H20N2O5S/c1-21(2)27(23,24)16-7-4-14(5-8-16)20-19(22)10-13-12-26-18-11-15(25-3)6-9-17(13)18/h4-9,11-12H,10H2,1-3H3,(H,20,22). The topological polar surface area (TPSA) is 88.8 Å². The van der Waals surface area contributed by atoms with Crippen LogP contribution in [-0.2, 0) is 21.2 Å². The van der Waals surface area contributed by atoms with Crippen molar-refractivity contribution in [1.82, 2.24) is 4.31 Å². The van der Waals surface area contributed by atoms with Gasteiger partial charge in [0.15, 0.2) is 0 Å². The summed E-state index contributed by atoms with van der Waals surface area (Å²) in [5.41, 5.74) is 1.93. The molecule has 1 heterocycles. The van der Waals surface area contributed by atoms with Gasteiger partial charge in [-0.1, -0.05) is 0 Å². The van der Waals surface area contributed by atoms with Crippen molar-refractivity contribution in [1.29, 1.82) is 0 Å². The Morgan fingerprint density at radius 3 is 2.48 bits per heavy atom. The third-order valence-electron chi connectivity index (χ3n) is 4.13. The number of furan rings is 1. The first-order valence-corrected chi connectivity index (χ1v) is 9.62. The molecule has 0 radical (unpaired) electrons. The number of sulfonamides is 1. The van der Waals surface area contributed by atoms with Crippen molar-refractivity contribution in [2.75, 3.05) is 26.5 Å². The summed E-state index contributed by atoms with van der Waals surface area (Å²) < 4.78 is 35.9. The van der Waals surface area contributed by atoms with Crippen molar-refractivity contribution in [2.45, 2.75) is 11.3 Å². The maximum Gasteiger partial charge on any atom is 0.242 e. The summed E-state index contributed by atoms with van der Waals surface area (Å²) in [4.78, 5) is 12.5. The van der Waals surface area contributed by atoms with Crippen molar-refractivity contribution in [3.8, 4) is 5.75 Å². The number of methoxy groups -OCH3 is 1. The number of amides is 1. The molecule has 0 saturated carbocycles. The van der Waals surface area contributed by atoms with E-state index in [1.807, 2.05) is 12.1 Å². The van der Waals surface area contributed by atoms with Gasteiger partial charge in [-0.05, 0) is 36.4 Å². The Bertz CT molecular complexity index is 1070. The molecule has 27 heavy (non-hydrogen) atoms. The number of carbonyl (C=O) groups is 1. The molecule has 0 spiro atoms. The molecule has 1 amide bonds. The molecular weight excluding hydrogens is 368 g/mol. The molecule has 0 unspecified atom stereocenters. The highest BCUT2D eigenvalue weighted by Gasteiger charge is 2.17. The highest BCUT2D eigenvalue weighted by Crippen LogP contribution is 2.26. The molecule has 3 aromatic rings. The number of fused-ring (bicyclic) bond motifs is 1. The Balaban J connectivity index is 1.71. The molecule has 1 N–H and O–H groups in total. The molecule has 2 aromatic carbocycles. The van der Waals surface area contributed by atoms with Crippen molar-refractivity contribution < 1.29 is 22.4 Å². The second-order valence-corrected chi connectivity index (χ2v) is 8.31. The summed E-state index contributed by atoms with van der Waals surface area (Å²) in [6.07, 6.45) is 1.69. The van der Waals surface area contributed by atoms with E-state index in [-0.39, 0.29) is 17.2 Å². The molecule has 0 bridgehead atoms. The van der Waals surface area contributed by atoms with Crippen molar-refractivity contribution in [3.05, 3.63) is 54.3 Å². The number of nitrogens with one attached hydrogen (secondary N) is 1. The van der Waals surface area contributed by atoms with Crippen LogP contribution < -0.4 is 10.1 Å². The van der Waals surface area contributed by atoms with Crippen LogP contribution >= 0.6 is 0 Å². The van der Waals surface area contributed by atoms with Crippen LogP contribution in [0.4, 0.5) is 5.69 Å². The number of carbonyl (C=O) groups excluding carboxylic acids is 1. The first kappa shape index (κ1) is 18.9. The van der Waals surface area contributed by atoms with E-state index in [4.69, 9.17) is 9.15 Å². The number of rotatable bonds is 6. The number of ether oxygens (including phenoxy) is 1. The zero-order valence-electron chi connectivity index (χ0n) is 15.2. The van der Waals surface area contributed by atoms with Gasteiger partial charge in [-0.15, -0.1) is 0 Å². The highest BCUT2D eigenvalue weighted by molar-refractivity contribution is 7.89. The van der Waals surface area contributed by atoms with Gasteiger partial charge in [-0.3, -0.25) is 4.79 Å². The minimum absolute atomic E-state index is 0.136. The molecule has 8 heteroatoms. The highest BCUT2D eigenvalue weighted by atomic mass is 32.2. The molecule has 142 valence electrons. The summed E-state index contributed by atoms with van der Waals surface area (Å²) in [7, 11) is 1.02. The number of anilines is 1. The smallest absolute Gasteiger partial charge is 0.242 e. The first-order chi connectivity index (χ1) is 12.8. The quantitative estimate of drug-likeness (QED) is 0.701. The molecule has 0 aliphatic carbocycles. The monoisotopic (exact) mass is 388 g/mol. The average Bonchev–Trinajstić information content (AvgIpc) is 3.03. The number of hydrogen-bond acceptors (Lipinski definition) is 5. The lowest BCUT2D eigenvalue weighted by molar-refractivity contribution is -0.115. The molecule has 0 aliphatic rings. The third-order valence-corrected chi connectivity index (χ3v) is 5.96. The summed E-state index contributed by atoms with van der Waals surface area (Å²) in [6, 6.07) is 11.5. The average molecular weight is 388 g/mol. The van der Waals surface area contributed by atoms with Crippen LogP contribution in [0.1, 0.15) is 5.56 Å². The molecule has 0 aliphatic heterocycles. The Kier molecular flexibility index (Phi) is 5.20. The summed E-state index contributed by atoms with van der Waals surface area (Å²) in [5, 5.41) is 3.61. The lowest BCUT2D eigenvalue weighted by Gasteiger charge is -2.12. The molecule has 7 nitrogen and oxygen atoms in total. The van der Waals surface area contributed by atoms with Gasteiger partial charge in [0.1, 0.15) is 11.3 Å². The number of hydrogen-bond donors (Lipinski definition) is 1. The van der Waals surface area contributed by atoms with Gasteiger partial charge in [0.05, 0.1) is 24.7 Å². The molecule has 1 aromatic heterocycles. The predicted molar refractivity (Wildman–Crippen MR) is 102 cm³/mol. The zero-order chi connectivity index (χ0) is 19.6. The largest absolute Gasteiger partial charge is 0.497 e. The van der Waals surface area contributed by atoms with Crippen LogP contribution in [0.5, 0.6) is 5.75 Å². The molecular formula is C19H20N2O5S. The van der Waals surface area contributed by atoms with E-state index in [0.29, 0.717) is 17.0 Å². The Morgan fingerprint density at radius 2 is 1.85 bits per heavy atom. The fraction of sp³-hybridized carbons (Fsp3) is 0.211. The van der Waals surface area contributed by atoms with E-state index in [1.165, 1.54) is 26.2 Å². The van der Waals surface area contributed by atoms with Crippen LogP contribution in [0.25, 0.3) is 11.0 Å². The van der Waals surface area contributed by atoms with E-state index >= 15 is 0 Å². The fourth-order valence-electron chi connectivity index (χ4n) is 2.63. The van der Waals surface area contributed by atoms with Gasteiger partial charge >= 0.3 is 0 Å². The van der Waals surface area contributed by atoms with Gasteiger partial charge in [0, 0.05) is 36.8 Å². The van der Waals surface area contributed by atoms with E-state index in [1.54, 1.807) is 31.6 Å². The predicted octanol–water partition coefficient (Wildman–Crippen LogP) is 2.87. The fourth-order valence-corrected chi connectivity index (χ4v) is 3.53. The zero-order valence-corrected chi connectivity index (χ0v) is 16.0. The molecule has 0 atom stereocenters. The lowest BCUT2D eigenvalue weighted by Crippen LogP contribution is -2.22. The minimum atomic E-state index is -3.50. The molecule has 0 saturated heterocycles. The van der Waals surface area contributed by atoms with Crippen molar-refractivity contribution in [2.24, 2.45) is 0 Å². The van der Waals surface area contributed by atoms with Crippen molar-refractivity contribution in [3.63, 3.8) is 0 Å². The van der Waals surface area contributed by atoms with Crippen molar-refractivity contribution >= 4 is 32.6 Å². The second kappa shape index (κ2) is 7.42. The SMILES string of the molecule is COc1ccc2c(CC(=O)Nc3ccc(S(=O)(=O)N(C)C)cc3)coc2c1. The maximum absolute atomic E-state index is 12.3. The Hall–Kier alpha value is -2.84. The third kappa shape index (κ3) is 3.96. The van der Waals surface area contributed by atoms with Gasteiger partial charge in [0.2, 0.25) is 15.9 Å². The van der Waals surface area contributed by atoms with E-state index in [0.717, 1.165) is 15.3 Å². The lowest BCUT2D eigenvalue weighted by atomic mass is 10.1. The normalized spacial score (nSPS) is 11.7. The van der Waals surface area contributed by atoms with Crippen LogP contribution in [0.3, 0.4) is 0 Å². The second-order valence-electron chi connectivity index (χ2n) is 6.16. The van der Waals surface area contributed by atoms with Gasteiger partial charge < -0.3 is 14.5 Å². The summed E-state index contributed by atoms with van der Waals surface area (Å²) >= 11 is 0. The molecule has 0 fully saturated rings. The van der Waals surface area contributed by atoms with E-state index < -0.39 is 10.0 Å². The van der Waals surface area contributed by atoms with Gasteiger partial charge in [-0.25, -0.2) is 12.7 Å². The number of benzene rings is 2. The minimum Gasteiger partial charge on any atom is -0.497 e. The maximum atomic E-state index is 12.3. The number of nitrogens with zero attached hydrogens (tertiary/aromatic N) is 1. The summed E-state index contributed by atoms with van der Waals surface area (Å²) in [6.45, 7) is 0. The van der Waals surface area contributed by atoms with Crippen LogP contribution in [0, 0.1) is 0 Å². The van der Waals surface area contributed by atoms with Gasteiger partial charge in [0.25, 0.3) is 0 Å². The first-order valence-electron chi connectivity index (χ1n) is 8.18. The Morgan fingerprint density at radius 1 is 1.15 bits per heavy atom. The van der Waals surface area contributed by atoms with Gasteiger partial charge in [-0.2, -0.15) is 0 Å². The van der Waals surface area contributed by atoms with Crippen LogP contribution in [-0.4, -0.2) is 39.8 Å². The van der Waals surface area contributed by atoms with E-state index in [9.17, 15) is 13.2 Å². The van der Waals surface area contributed by atoms with Crippen LogP contribution in [0.15, 0.2) is 58.0 Å². The van der Waals surface area contributed by atoms with Crippen LogP contribution in [0.2, 0.25) is 0 Å². The summed E-state index contributed by atoms with van der Waals surface area (Å²) in [5.74, 6) is 0.456.